The summed E-state index contributed by atoms with van der Waals surface area (Å²) in [7, 11) is 1.87. The highest BCUT2D eigenvalue weighted by Crippen LogP contribution is 2.17. The number of likely N-dealkylation sites (N-methyl/N-ethyl adjacent to an activating group) is 1. The molecular weight excluding hydrogens is 328 g/mol. The average molecular weight is 356 g/mol. The number of amides is 1. The second-order valence-electron chi connectivity index (χ2n) is 6.80. The van der Waals surface area contributed by atoms with Crippen molar-refractivity contribution in [1.82, 2.24) is 20.4 Å². The lowest BCUT2D eigenvalue weighted by molar-refractivity contribution is -0.135. The van der Waals surface area contributed by atoms with Gasteiger partial charge in [-0.25, -0.2) is 0 Å². The zero-order valence-corrected chi connectivity index (χ0v) is 15.4. The molecule has 3 rings (SSSR count). The largest absolute Gasteiger partial charge is 0.378 e. The molecule has 6 nitrogen and oxygen atoms in total. The van der Waals surface area contributed by atoms with E-state index in [4.69, 9.17) is 4.74 Å². The first-order valence-electron chi connectivity index (χ1n) is 9.40. The number of ether oxygens (including phenoxy) is 1. The molecule has 0 saturated carbocycles. The number of morpholine rings is 1. The van der Waals surface area contributed by atoms with Crippen LogP contribution in [-0.4, -0.2) is 60.4 Å². The van der Waals surface area contributed by atoms with E-state index in [1.54, 1.807) is 0 Å². The highest BCUT2D eigenvalue weighted by Gasteiger charge is 2.23. The molecule has 1 unspecified atom stereocenters. The van der Waals surface area contributed by atoms with Gasteiger partial charge in [0.1, 0.15) is 6.04 Å². The van der Waals surface area contributed by atoms with Crippen molar-refractivity contribution in [2.45, 2.75) is 31.7 Å². The maximum absolute atomic E-state index is 12.3. The van der Waals surface area contributed by atoms with E-state index in [0.717, 1.165) is 55.7 Å². The molecule has 1 aliphatic rings. The molecular formula is C20H28N4O2. The Morgan fingerprint density at radius 2 is 2.12 bits per heavy atom. The fraction of sp³-hybridized carbons (Fsp3) is 0.500. The number of carbonyl (C=O) groups is 1. The smallest absolute Gasteiger partial charge is 0.241 e. The van der Waals surface area contributed by atoms with E-state index in [0.29, 0.717) is 13.2 Å². The van der Waals surface area contributed by atoms with Gasteiger partial charge in [-0.15, -0.1) is 0 Å². The van der Waals surface area contributed by atoms with Gasteiger partial charge in [0, 0.05) is 31.4 Å². The summed E-state index contributed by atoms with van der Waals surface area (Å²) >= 11 is 0. The SMILES string of the molecule is CN(CCCCCc1cc(-c2ccccc2)n[nH]1)C(=O)C1COCCN1. The van der Waals surface area contributed by atoms with Gasteiger partial charge in [0.25, 0.3) is 0 Å². The highest BCUT2D eigenvalue weighted by molar-refractivity contribution is 5.81. The Morgan fingerprint density at radius 1 is 1.27 bits per heavy atom. The monoisotopic (exact) mass is 356 g/mol. The Hall–Kier alpha value is -2.18. The van der Waals surface area contributed by atoms with Gasteiger partial charge >= 0.3 is 0 Å². The number of nitrogens with one attached hydrogen (secondary N) is 2. The molecule has 0 bridgehead atoms. The van der Waals surface area contributed by atoms with Gasteiger partial charge < -0.3 is 15.0 Å². The zero-order valence-electron chi connectivity index (χ0n) is 15.4. The zero-order chi connectivity index (χ0) is 18.2. The predicted molar refractivity (Wildman–Crippen MR) is 102 cm³/mol. The molecule has 1 amide bonds. The molecule has 0 spiro atoms. The molecule has 1 atom stereocenters. The van der Waals surface area contributed by atoms with E-state index in [-0.39, 0.29) is 11.9 Å². The third kappa shape index (κ3) is 5.16. The Kier molecular flexibility index (Phi) is 6.80. The van der Waals surface area contributed by atoms with Gasteiger partial charge in [-0.2, -0.15) is 5.10 Å². The minimum Gasteiger partial charge on any atom is -0.378 e. The summed E-state index contributed by atoms with van der Waals surface area (Å²) in [5.41, 5.74) is 3.29. The minimum atomic E-state index is -0.185. The van der Waals surface area contributed by atoms with Crippen LogP contribution in [0.3, 0.4) is 0 Å². The molecule has 0 radical (unpaired) electrons. The Bertz CT molecular complexity index is 680. The summed E-state index contributed by atoms with van der Waals surface area (Å²) in [4.78, 5) is 14.1. The summed E-state index contributed by atoms with van der Waals surface area (Å²) in [6.07, 6.45) is 4.17. The van der Waals surface area contributed by atoms with E-state index in [9.17, 15) is 4.79 Å². The Labute approximate surface area is 154 Å². The fourth-order valence-corrected chi connectivity index (χ4v) is 3.19. The molecule has 1 aliphatic heterocycles. The minimum absolute atomic E-state index is 0.130. The summed E-state index contributed by atoms with van der Waals surface area (Å²) in [5, 5.41) is 10.7. The standard InChI is InChI=1S/C20H28N4O2/c1-24(20(25)19-15-26-13-11-21-19)12-7-3-6-10-17-14-18(23-22-17)16-8-4-2-5-9-16/h2,4-5,8-9,14,19,21H,3,6-7,10-13,15H2,1H3,(H,22,23). The van der Waals surface area contributed by atoms with Gasteiger partial charge in [0.05, 0.1) is 18.9 Å². The first-order valence-corrected chi connectivity index (χ1v) is 9.40. The summed E-state index contributed by atoms with van der Waals surface area (Å²) in [5.74, 6) is 0.130. The molecule has 140 valence electrons. The number of hydrogen-bond acceptors (Lipinski definition) is 4. The normalized spacial score (nSPS) is 17.2. The molecule has 6 heteroatoms. The van der Waals surface area contributed by atoms with Crippen LogP contribution in [0.25, 0.3) is 11.3 Å². The highest BCUT2D eigenvalue weighted by atomic mass is 16.5. The molecule has 1 aromatic carbocycles. The second kappa shape index (κ2) is 9.50. The van der Waals surface area contributed by atoms with Crippen molar-refractivity contribution >= 4 is 5.91 Å². The number of unbranched alkanes of at least 4 members (excludes halogenated alkanes) is 2. The molecule has 26 heavy (non-hydrogen) atoms. The number of rotatable bonds is 8. The van der Waals surface area contributed by atoms with Crippen LogP contribution in [0.4, 0.5) is 0 Å². The van der Waals surface area contributed by atoms with Crippen molar-refractivity contribution in [2.24, 2.45) is 0 Å². The molecule has 1 aromatic heterocycles. The first-order chi connectivity index (χ1) is 12.7. The van der Waals surface area contributed by atoms with Crippen LogP contribution in [0.15, 0.2) is 36.4 Å². The van der Waals surface area contributed by atoms with Gasteiger partial charge in [-0.05, 0) is 25.3 Å². The van der Waals surface area contributed by atoms with Crippen molar-refractivity contribution in [3.8, 4) is 11.3 Å². The van der Waals surface area contributed by atoms with Crippen LogP contribution in [0.5, 0.6) is 0 Å². The van der Waals surface area contributed by atoms with E-state index >= 15 is 0 Å². The van der Waals surface area contributed by atoms with Crippen molar-refractivity contribution in [3.63, 3.8) is 0 Å². The first kappa shape index (κ1) is 18.6. The van der Waals surface area contributed by atoms with Crippen LogP contribution in [0, 0.1) is 0 Å². The van der Waals surface area contributed by atoms with Gasteiger partial charge in [0.2, 0.25) is 5.91 Å². The summed E-state index contributed by atoms with van der Waals surface area (Å²) in [6, 6.07) is 12.1. The maximum Gasteiger partial charge on any atom is 0.241 e. The number of nitrogens with zero attached hydrogens (tertiary/aromatic N) is 2. The lowest BCUT2D eigenvalue weighted by atomic mass is 10.1. The lowest BCUT2D eigenvalue weighted by Crippen LogP contribution is -2.51. The number of benzene rings is 1. The number of aryl methyl sites for hydroxylation is 1. The van der Waals surface area contributed by atoms with E-state index < -0.39 is 0 Å². The van der Waals surface area contributed by atoms with Crippen molar-refractivity contribution in [1.29, 1.82) is 0 Å². The molecule has 2 heterocycles. The molecule has 2 N–H and O–H groups in total. The maximum atomic E-state index is 12.3. The van der Waals surface area contributed by atoms with Crippen LogP contribution >= 0.6 is 0 Å². The summed E-state index contributed by atoms with van der Waals surface area (Å²) in [6.45, 7) is 2.70. The van der Waals surface area contributed by atoms with Crippen molar-refractivity contribution in [2.75, 3.05) is 33.4 Å². The van der Waals surface area contributed by atoms with E-state index in [1.165, 1.54) is 0 Å². The molecule has 2 aromatic rings. The van der Waals surface area contributed by atoms with Crippen LogP contribution < -0.4 is 5.32 Å². The Balaban J connectivity index is 1.34. The third-order valence-electron chi connectivity index (χ3n) is 4.74. The van der Waals surface area contributed by atoms with E-state index in [1.807, 2.05) is 30.1 Å². The predicted octanol–water partition coefficient (Wildman–Crippen LogP) is 2.24. The Morgan fingerprint density at radius 3 is 2.88 bits per heavy atom. The summed E-state index contributed by atoms with van der Waals surface area (Å²) < 4.78 is 5.36. The van der Waals surface area contributed by atoms with Crippen molar-refractivity contribution in [3.05, 3.63) is 42.1 Å². The quantitative estimate of drug-likeness (QED) is 0.712. The number of aromatic amines is 1. The molecule has 1 fully saturated rings. The molecule has 1 saturated heterocycles. The lowest BCUT2D eigenvalue weighted by Gasteiger charge is -2.27. The number of carbonyl (C=O) groups excluding carboxylic acids is 1. The van der Waals surface area contributed by atoms with Gasteiger partial charge in [0.15, 0.2) is 0 Å². The second-order valence-corrected chi connectivity index (χ2v) is 6.80. The van der Waals surface area contributed by atoms with Crippen molar-refractivity contribution < 1.29 is 9.53 Å². The topological polar surface area (TPSA) is 70.2 Å². The van der Waals surface area contributed by atoms with E-state index in [2.05, 4.69) is 33.7 Å². The van der Waals surface area contributed by atoms with Gasteiger partial charge in [-0.1, -0.05) is 36.8 Å². The number of H-pyrrole nitrogens is 1. The third-order valence-corrected chi connectivity index (χ3v) is 4.74. The average Bonchev–Trinajstić information content (AvgIpc) is 3.17. The van der Waals surface area contributed by atoms with Crippen LogP contribution in [0.2, 0.25) is 0 Å². The number of hydrogen-bond donors (Lipinski definition) is 2. The van der Waals surface area contributed by atoms with Crippen LogP contribution in [-0.2, 0) is 16.0 Å². The van der Waals surface area contributed by atoms with Crippen LogP contribution in [0.1, 0.15) is 25.0 Å². The van der Waals surface area contributed by atoms with Gasteiger partial charge in [-0.3, -0.25) is 9.89 Å². The fourth-order valence-electron chi connectivity index (χ4n) is 3.19. The molecule has 0 aliphatic carbocycles. The number of aromatic nitrogens is 2.